The fourth-order valence-corrected chi connectivity index (χ4v) is 3.60. The van der Waals surface area contributed by atoms with Crippen LogP contribution in [0.2, 0.25) is 5.15 Å². The van der Waals surface area contributed by atoms with Crippen LogP contribution in [0.15, 0.2) is 4.47 Å². The first-order valence-corrected chi connectivity index (χ1v) is 8.86. The minimum atomic E-state index is -0.145. The summed E-state index contributed by atoms with van der Waals surface area (Å²) in [4.78, 5) is 9.31. The molecule has 0 aliphatic heterocycles. The molecule has 1 aromatic heterocycles. The molecule has 0 bridgehead atoms. The first kappa shape index (κ1) is 17.2. The second kappa shape index (κ2) is 6.93. The monoisotopic (exact) mass is 374 g/mol. The molecule has 0 amide bonds. The molecule has 0 aromatic carbocycles. The minimum Gasteiger partial charge on any atom is -0.370 e. The molecular formula is C16H24BrClN2O. The third-order valence-electron chi connectivity index (χ3n) is 3.95. The lowest BCUT2D eigenvalue weighted by Gasteiger charge is -2.29. The van der Waals surface area contributed by atoms with Crippen LogP contribution in [0.3, 0.4) is 0 Å². The van der Waals surface area contributed by atoms with Crippen molar-refractivity contribution in [3.63, 3.8) is 0 Å². The van der Waals surface area contributed by atoms with Gasteiger partial charge in [0, 0.05) is 12.5 Å². The quantitative estimate of drug-likeness (QED) is 0.636. The van der Waals surface area contributed by atoms with Gasteiger partial charge in [-0.3, -0.25) is 0 Å². The lowest BCUT2D eigenvalue weighted by atomic mass is 9.88. The maximum absolute atomic E-state index is 6.34. The summed E-state index contributed by atoms with van der Waals surface area (Å²) in [5.74, 6) is 1.19. The van der Waals surface area contributed by atoms with Crippen molar-refractivity contribution in [1.82, 2.24) is 9.97 Å². The Bertz CT molecular complexity index is 496. The zero-order valence-electron chi connectivity index (χ0n) is 13.2. The summed E-state index contributed by atoms with van der Waals surface area (Å²) in [5.41, 5.74) is 0.983. The lowest BCUT2D eigenvalue weighted by Crippen LogP contribution is -2.24. The maximum atomic E-state index is 6.34. The van der Waals surface area contributed by atoms with Crippen LogP contribution < -0.4 is 0 Å². The van der Waals surface area contributed by atoms with Crippen molar-refractivity contribution in [2.45, 2.75) is 65.4 Å². The molecule has 1 atom stereocenters. The van der Waals surface area contributed by atoms with Crippen LogP contribution in [-0.4, -0.2) is 16.6 Å². The second-order valence-electron chi connectivity index (χ2n) is 6.75. The van der Waals surface area contributed by atoms with Crippen molar-refractivity contribution < 1.29 is 4.74 Å². The van der Waals surface area contributed by atoms with E-state index in [9.17, 15) is 0 Å². The Morgan fingerprint density at radius 1 is 1.29 bits per heavy atom. The van der Waals surface area contributed by atoms with Gasteiger partial charge in [0.15, 0.2) is 5.82 Å². The summed E-state index contributed by atoms with van der Waals surface area (Å²) in [6, 6.07) is 0. The summed E-state index contributed by atoms with van der Waals surface area (Å²) in [5, 5.41) is 0.496. The Morgan fingerprint density at radius 3 is 2.43 bits per heavy atom. The maximum Gasteiger partial charge on any atom is 0.159 e. The first-order chi connectivity index (χ1) is 9.84. The molecule has 0 saturated heterocycles. The Kier molecular flexibility index (Phi) is 5.66. The van der Waals surface area contributed by atoms with Crippen LogP contribution in [-0.2, 0) is 4.74 Å². The van der Waals surface area contributed by atoms with Crippen molar-refractivity contribution in [1.29, 1.82) is 0 Å². The van der Waals surface area contributed by atoms with Gasteiger partial charge >= 0.3 is 0 Å². The molecule has 21 heavy (non-hydrogen) atoms. The minimum absolute atomic E-state index is 0.0693. The number of hydrogen-bond donors (Lipinski definition) is 0. The Labute approximate surface area is 141 Å². The third-order valence-corrected chi connectivity index (χ3v) is 5.23. The van der Waals surface area contributed by atoms with Gasteiger partial charge in [-0.25, -0.2) is 9.97 Å². The molecule has 118 valence electrons. The molecule has 1 unspecified atom stereocenters. The Morgan fingerprint density at radius 2 is 1.90 bits per heavy atom. The Hall–Kier alpha value is -0.190. The highest BCUT2D eigenvalue weighted by Crippen LogP contribution is 2.41. The zero-order chi connectivity index (χ0) is 15.6. The molecule has 0 N–H and O–H groups in total. The zero-order valence-corrected chi connectivity index (χ0v) is 15.6. The van der Waals surface area contributed by atoms with E-state index in [1.807, 2.05) is 6.92 Å². The topological polar surface area (TPSA) is 35.0 Å². The summed E-state index contributed by atoms with van der Waals surface area (Å²) in [7, 11) is 0. The van der Waals surface area contributed by atoms with Crippen LogP contribution in [0.1, 0.15) is 76.9 Å². The molecule has 5 heteroatoms. The average molecular weight is 376 g/mol. The summed E-state index contributed by atoms with van der Waals surface area (Å²) in [6.07, 6.45) is 4.75. The molecule has 1 aliphatic carbocycles. The number of ether oxygens (including phenoxy) is 1. The van der Waals surface area contributed by atoms with E-state index in [0.29, 0.717) is 23.5 Å². The summed E-state index contributed by atoms with van der Waals surface area (Å²) >= 11 is 9.90. The highest BCUT2D eigenvalue weighted by molar-refractivity contribution is 9.10. The highest BCUT2D eigenvalue weighted by Gasteiger charge is 2.32. The molecule has 0 spiro atoms. The SMILES string of the molecule is CCOC(c1nc(Cl)c(Br)c(C2CCCC2)n1)C(C)(C)C. The number of hydrogen-bond acceptors (Lipinski definition) is 3. The fourth-order valence-electron chi connectivity index (χ4n) is 2.92. The van der Waals surface area contributed by atoms with E-state index >= 15 is 0 Å². The van der Waals surface area contributed by atoms with Crippen LogP contribution in [0.5, 0.6) is 0 Å². The van der Waals surface area contributed by atoms with Crippen molar-refractivity contribution in [3.8, 4) is 0 Å². The first-order valence-electron chi connectivity index (χ1n) is 7.69. The molecule has 1 saturated carbocycles. The van der Waals surface area contributed by atoms with Crippen LogP contribution >= 0.6 is 27.5 Å². The van der Waals surface area contributed by atoms with Gasteiger partial charge in [0.1, 0.15) is 11.3 Å². The lowest BCUT2D eigenvalue weighted by molar-refractivity contribution is -0.0193. The molecule has 1 fully saturated rings. The predicted octanol–water partition coefficient (Wildman–Crippen LogP) is 5.67. The van der Waals surface area contributed by atoms with Gasteiger partial charge in [-0.15, -0.1) is 0 Å². The van der Waals surface area contributed by atoms with Gasteiger partial charge in [0.2, 0.25) is 0 Å². The molecule has 0 radical (unpaired) electrons. The molecule has 1 heterocycles. The predicted molar refractivity (Wildman–Crippen MR) is 89.8 cm³/mol. The largest absolute Gasteiger partial charge is 0.370 e. The van der Waals surface area contributed by atoms with E-state index in [1.165, 1.54) is 25.7 Å². The number of nitrogens with zero attached hydrogens (tertiary/aromatic N) is 2. The van der Waals surface area contributed by atoms with Gasteiger partial charge in [0.25, 0.3) is 0 Å². The van der Waals surface area contributed by atoms with Crippen LogP contribution in [0.25, 0.3) is 0 Å². The third kappa shape index (κ3) is 3.96. The smallest absolute Gasteiger partial charge is 0.159 e. The van der Waals surface area contributed by atoms with Gasteiger partial charge in [0.05, 0.1) is 10.2 Å². The van der Waals surface area contributed by atoms with Crippen LogP contribution in [0, 0.1) is 5.41 Å². The van der Waals surface area contributed by atoms with E-state index in [1.54, 1.807) is 0 Å². The molecule has 3 nitrogen and oxygen atoms in total. The van der Waals surface area contributed by atoms with Gasteiger partial charge in [-0.05, 0) is 41.1 Å². The van der Waals surface area contributed by atoms with Crippen molar-refractivity contribution in [3.05, 3.63) is 21.1 Å². The van der Waals surface area contributed by atoms with Crippen molar-refractivity contribution in [2.75, 3.05) is 6.61 Å². The summed E-state index contributed by atoms with van der Waals surface area (Å²) in [6.45, 7) is 9.06. The van der Waals surface area contributed by atoms with E-state index in [-0.39, 0.29) is 11.5 Å². The Balaban J connectivity index is 2.43. The molecular weight excluding hydrogens is 352 g/mol. The standard InChI is InChI=1S/C16H24BrClN2O/c1-5-21-13(16(2,3)4)15-19-12(10-8-6-7-9-10)11(17)14(18)20-15/h10,13H,5-9H2,1-4H3. The number of aromatic nitrogens is 2. The fraction of sp³-hybridized carbons (Fsp3) is 0.750. The number of rotatable bonds is 4. The number of halogens is 2. The van der Waals surface area contributed by atoms with Gasteiger partial charge in [-0.2, -0.15) is 0 Å². The normalized spacial score (nSPS) is 18.2. The average Bonchev–Trinajstić information content (AvgIpc) is 2.91. The van der Waals surface area contributed by atoms with E-state index in [0.717, 1.165) is 10.2 Å². The van der Waals surface area contributed by atoms with E-state index in [2.05, 4.69) is 41.7 Å². The molecule has 2 rings (SSSR count). The highest BCUT2D eigenvalue weighted by atomic mass is 79.9. The second-order valence-corrected chi connectivity index (χ2v) is 7.91. The van der Waals surface area contributed by atoms with E-state index < -0.39 is 0 Å². The summed E-state index contributed by atoms with van der Waals surface area (Å²) < 4.78 is 6.76. The van der Waals surface area contributed by atoms with Crippen LogP contribution in [0.4, 0.5) is 0 Å². The molecule has 1 aliphatic rings. The van der Waals surface area contributed by atoms with Crippen molar-refractivity contribution in [2.24, 2.45) is 5.41 Å². The van der Waals surface area contributed by atoms with Crippen molar-refractivity contribution >= 4 is 27.5 Å². The van der Waals surface area contributed by atoms with E-state index in [4.69, 9.17) is 21.3 Å². The van der Waals surface area contributed by atoms with Gasteiger partial charge in [-0.1, -0.05) is 45.2 Å². The van der Waals surface area contributed by atoms with Gasteiger partial charge < -0.3 is 4.74 Å². The molecule has 1 aromatic rings.